The summed E-state index contributed by atoms with van der Waals surface area (Å²) < 4.78 is 5.60. The third kappa shape index (κ3) is 1.40. The predicted octanol–water partition coefficient (Wildman–Crippen LogP) is 2.34. The number of benzene rings is 1. The van der Waals surface area contributed by atoms with E-state index in [4.69, 9.17) is 10.5 Å². The van der Waals surface area contributed by atoms with Gasteiger partial charge in [0, 0.05) is 17.5 Å². The Labute approximate surface area is 85.1 Å². The molecule has 2 heteroatoms. The summed E-state index contributed by atoms with van der Waals surface area (Å²) in [6, 6.07) is 6.25. The lowest BCUT2D eigenvalue weighted by Crippen LogP contribution is -2.40. The first-order chi connectivity index (χ1) is 6.65. The standard InChI is InChI=1S/C12H17NO/c1-3-12(13)6-7-14-11-5-4-9(2)8-10(11)12/h4-5,8H,3,6-7,13H2,1-2H3. The molecule has 2 nitrogen and oxygen atoms in total. The summed E-state index contributed by atoms with van der Waals surface area (Å²) in [6.07, 6.45) is 1.88. The number of hydrogen-bond acceptors (Lipinski definition) is 2. The lowest BCUT2D eigenvalue weighted by atomic mass is 9.83. The number of aryl methyl sites for hydroxylation is 1. The molecule has 0 spiro atoms. The zero-order chi connectivity index (χ0) is 10.2. The fourth-order valence-electron chi connectivity index (χ4n) is 2.00. The van der Waals surface area contributed by atoms with Gasteiger partial charge < -0.3 is 10.5 Å². The van der Waals surface area contributed by atoms with E-state index in [1.54, 1.807) is 0 Å². The molecule has 1 unspecified atom stereocenters. The zero-order valence-corrected chi connectivity index (χ0v) is 8.84. The second kappa shape index (κ2) is 3.28. The predicted molar refractivity (Wildman–Crippen MR) is 57.4 cm³/mol. The number of rotatable bonds is 1. The fourth-order valence-corrected chi connectivity index (χ4v) is 2.00. The average Bonchev–Trinajstić information content (AvgIpc) is 2.20. The maximum atomic E-state index is 6.36. The second-order valence-corrected chi connectivity index (χ2v) is 4.11. The summed E-state index contributed by atoms with van der Waals surface area (Å²) in [4.78, 5) is 0. The summed E-state index contributed by atoms with van der Waals surface area (Å²) in [5, 5.41) is 0. The molecule has 0 saturated carbocycles. The molecule has 14 heavy (non-hydrogen) atoms. The van der Waals surface area contributed by atoms with Gasteiger partial charge in [0.1, 0.15) is 5.75 Å². The lowest BCUT2D eigenvalue weighted by Gasteiger charge is -2.35. The summed E-state index contributed by atoms with van der Waals surface area (Å²) in [7, 11) is 0. The van der Waals surface area contributed by atoms with Crippen LogP contribution in [0.2, 0.25) is 0 Å². The highest BCUT2D eigenvalue weighted by atomic mass is 16.5. The molecule has 0 bridgehead atoms. The van der Waals surface area contributed by atoms with E-state index in [9.17, 15) is 0 Å². The van der Waals surface area contributed by atoms with Crippen molar-refractivity contribution in [3.05, 3.63) is 29.3 Å². The van der Waals surface area contributed by atoms with E-state index in [1.807, 2.05) is 6.07 Å². The Balaban J connectivity index is 2.52. The van der Waals surface area contributed by atoms with Crippen LogP contribution in [-0.2, 0) is 5.54 Å². The van der Waals surface area contributed by atoms with Gasteiger partial charge in [-0.3, -0.25) is 0 Å². The summed E-state index contributed by atoms with van der Waals surface area (Å²) in [5.41, 5.74) is 8.60. The second-order valence-electron chi connectivity index (χ2n) is 4.11. The van der Waals surface area contributed by atoms with Crippen LogP contribution in [0, 0.1) is 6.92 Å². The molecular formula is C12H17NO. The molecule has 2 N–H and O–H groups in total. The van der Waals surface area contributed by atoms with Crippen LogP contribution in [0.15, 0.2) is 18.2 Å². The smallest absolute Gasteiger partial charge is 0.124 e. The molecule has 0 amide bonds. The van der Waals surface area contributed by atoms with E-state index in [0.29, 0.717) is 0 Å². The van der Waals surface area contributed by atoms with Crippen LogP contribution in [0.25, 0.3) is 0 Å². The van der Waals surface area contributed by atoms with Crippen LogP contribution in [0.4, 0.5) is 0 Å². The average molecular weight is 191 g/mol. The van der Waals surface area contributed by atoms with Gasteiger partial charge in [-0.1, -0.05) is 24.6 Å². The monoisotopic (exact) mass is 191 g/mol. The summed E-state index contributed by atoms with van der Waals surface area (Å²) in [6.45, 7) is 4.96. The van der Waals surface area contributed by atoms with Gasteiger partial charge in [-0.15, -0.1) is 0 Å². The normalized spacial score (nSPS) is 25.4. The third-order valence-corrected chi connectivity index (χ3v) is 3.11. The van der Waals surface area contributed by atoms with Crippen molar-refractivity contribution in [3.63, 3.8) is 0 Å². The number of fused-ring (bicyclic) bond motifs is 1. The van der Waals surface area contributed by atoms with Crippen molar-refractivity contribution in [2.45, 2.75) is 32.2 Å². The molecule has 0 aromatic heterocycles. The first-order valence-electron chi connectivity index (χ1n) is 5.18. The Morgan fingerprint density at radius 3 is 3.00 bits per heavy atom. The third-order valence-electron chi connectivity index (χ3n) is 3.11. The van der Waals surface area contributed by atoms with Crippen LogP contribution < -0.4 is 10.5 Å². The van der Waals surface area contributed by atoms with Crippen molar-refractivity contribution in [1.82, 2.24) is 0 Å². The zero-order valence-electron chi connectivity index (χ0n) is 8.84. The highest BCUT2D eigenvalue weighted by Crippen LogP contribution is 2.37. The molecular weight excluding hydrogens is 174 g/mol. The van der Waals surface area contributed by atoms with E-state index >= 15 is 0 Å². The Bertz CT molecular complexity index is 348. The highest BCUT2D eigenvalue weighted by molar-refractivity contribution is 5.43. The molecule has 2 rings (SSSR count). The Kier molecular flexibility index (Phi) is 2.23. The fraction of sp³-hybridized carbons (Fsp3) is 0.500. The van der Waals surface area contributed by atoms with Gasteiger partial charge in [-0.25, -0.2) is 0 Å². The molecule has 1 aromatic rings. The Hall–Kier alpha value is -1.02. The van der Waals surface area contributed by atoms with Crippen molar-refractivity contribution in [3.8, 4) is 5.75 Å². The number of ether oxygens (including phenoxy) is 1. The first kappa shape index (κ1) is 9.53. The van der Waals surface area contributed by atoms with Gasteiger partial charge in [0.05, 0.1) is 6.61 Å². The van der Waals surface area contributed by atoms with E-state index in [-0.39, 0.29) is 5.54 Å². The summed E-state index contributed by atoms with van der Waals surface area (Å²) in [5.74, 6) is 0.964. The minimum Gasteiger partial charge on any atom is -0.493 e. The van der Waals surface area contributed by atoms with Crippen LogP contribution >= 0.6 is 0 Å². The van der Waals surface area contributed by atoms with Gasteiger partial charge in [0.25, 0.3) is 0 Å². The molecule has 0 aliphatic carbocycles. The first-order valence-corrected chi connectivity index (χ1v) is 5.18. The molecule has 1 aliphatic rings. The minimum absolute atomic E-state index is 0.181. The minimum atomic E-state index is -0.181. The molecule has 1 aromatic carbocycles. The van der Waals surface area contributed by atoms with E-state index < -0.39 is 0 Å². The molecule has 76 valence electrons. The lowest BCUT2D eigenvalue weighted by molar-refractivity contribution is 0.212. The van der Waals surface area contributed by atoms with Crippen LogP contribution in [-0.4, -0.2) is 6.61 Å². The van der Waals surface area contributed by atoms with E-state index in [0.717, 1.165) is 25.2 Å². The molecule has 1 aliphatic heterocycles. The van der Waals surface area contributed by atoms with Crippen LogP contribution in [0.5, 0.6) is 5.75 Å². The van der Waals surface area contributed by atoms with Gasteiger partial charge in [0.15, 0.2) is 0 Å². The molecule has 0 saturated heterocycles. The van der Waals surface area contributed by atoms with Crippen molar-refractivity contribution < 1.29 is 4.74 Å². The van der Waals surface area contributed by atoms with Gasteiger partial charge in [-0.2, -0.15) is 0 Å². The highest BCUT2D eigenvalue weighted by Gasteiger charge is 2.31. The summed E-state index contributed by atoms with van der Waals surface area (Å²) >= 11 is 0. The van der Waals surface area contributed by atoms with Crippen LogP contribution in [0.1, 0.15) is 30.9 Å². The van der Waals surface area contributed by atoms with Crippen molar-refractivity contribution in [2.24, 2.45) is 5.73 Å². The maximum Gasteiger partial charge on any atom is 0.124 e. The molecule has 0 fully saturated rings. The number of hydrogen-bond donors (Lipinski definition) is 1. The molecule has 0 radical (unpaired) electrons. The molecule has 1 heterocycles. The van der Waals surface area contributed by atoms with Gasteiger partial charge >= 0.3 is 0 Å². The van der Waals surface area contributed by atoms with E-state index in [2.05, 4.69) is 26.0 Å². The van der Waals surface area contributed by atoms with Crippen molar-refractivity contribution in [1.29, 1.82) is 0 Å². The Morgan fingerprint density at radius 1 is 1.50 bits per heavy atom. The maximum absolute atomic E-state index is 6.36. The van der Waals surface area contributed by atoms with Crippen LogP contribution in [0.3, 0.4) is 0 Å². The van der Waals surface area contributed by atoms with Gasteiger partial charge in [-0.05, 0) is 19.4 Å². The number of nitrogens with two attached hydrogens (primary N) is 1. The Morgan fingerprint density at radius 2 is 2.29 bits per heavy atom. The quantitative estimate of drug-likeness (QED) is 0.739. The van der Waals surface area contributed by atoms with E-state index in [1.165, 1.54) is 11.1 Å². The SMILES string of the molecule is CCC1(N)CCOc2ccc(C)cc21. The topological polar surface area (TPSA) is 35.2 Å². The molecule has 1 atom stereocenters. The largest absolute Gasteiger partial charge is 0.493 e. The van der Waals surface area contributed by atoms with Crippen molar-refractivity contribution >= 4 is 0 Å². The van der Waals surface area contributed by atoms with Gasteiger partial charge in [0.2, 0.25) is 0 Å². The van der Waals surface area contributed by atoms with Crippen molar-refractivity contribution in [2.75, 3.05) is 6.61 Å².